The lowest BCUT2D eigenvalue weighted by molar-refractivity contribution is -0.156. The fourth-order valence-corrected chi connectivity index (χ4v) is 1.20. The predicted molar refractivity (Wildman–Crippen MR) is 58.9 cm³/mol. The van der Waals surface area contributed by atoms with E-state index in [9.17, 15) is 9.90 Å². The van der Waals surface area contributed by atoms with Crippen molar-refractivity contribution in [2.45, 2.75) is 26.0 Å². The Labute approximate surface area is 94.1 Å². The molecule has 0 aliphatic carbocycles. The van der Waals surface area contributed by atoms with Crippen molar-refractivity contribution in [2.24, 2.45) is 0 Å². The minimum atomic E-state index is -1.75. The van der Waals surface area contributed by atoms with Crippen molar-refractivity contribution in [3.63, 3.8) is 0 Å². The van der Waals surface area contributed by atoms with Crippen LogP contribution in [0.5, 0.6) is 0 Å². The van der Waals surface area contributed by atoms with Crippen molar-refractivity contribution in [3.05, 3.63) is 29.6 Å². The van der Waals surface area contributed by atoms with E-state index in [4.69, 9.17) is 5.11 Å². The van der Waals surface area contributed by atoms with Crippen LogP contribution in [0.4, 0.5) is 0 Å². The highest BCUT2D eigenvalue weighted by Crippen LogP contribution is 2.04. The quantitative estimate of drug-likeness (QED) is 0.670. The van der Waals surface area contributed by atoms with Crippen LogP contribution in [0.15, 0.2) is 18.3 Å². The maximum absolute atomic E-state index is 10.6. The maximum atomic E-state index is 10.6. The average molecular weight is 224 g/mol. The second-order valence-electron chi connectivity index (χ2n) is 3.95. The molecule has 16 heavy (non-hydrogen) atoms. The molecule has 5 nitrogen and oxygen atoms in total. The maximum Gasteiger partial charge on any atom is 0.336 e. The first-order valence-electron chi connectivity index (χ1n) is 5.00. The van der Waals surface area contributed by atoms with Crippen molar-refractivity contribution >= 4 is 5.97 Å². The lowest BCUT2D eigenvalue weighted by Gasteiger charge is -2.18. The molecule has 1 aromatic rings. The van der Waals surface area contributed by atoms with Crippen LogP contribution in [0.25, 0.3) is 0 Å². The van der Waals surface area contributed by atoms with Crippen molar-refractivity contribution in [1.29, 1.82) is 0 Å². The lowest BCUT2D eigenvalue weighted by Crippen LogP contribution is -2.44. The van der Waals surface area contributed by atoms with Gasteiger partial charge in [-0.15, -0.1) is 0 Å². The van der Waals surface area contributed by atoms with Gasteiger partial charge in [0.1, 0.15) is 0 Å². The van der Waals surface area contributed by atoms with Gasteiger partial charge < -0.3 is 15.5 Å². The number of aromatic nitrogens is 1. The number of aliphatic hydroxyl groups is 1. The molecule has 0 aliphatic heterocycles. The van der Waals surface area contributed by atoms with Crippen molar-refractivity contribution in [2.75, 3.05) is 6.54 Å². The Balaban J connectivity index is 2.48. The van der Waals surface area contributed by atoms with Crippen LogP contribution in [0, 0.1) is 6.92 Å². The molecule has 1 atom stereocenters. The highest BCUT2D eigenvalue weighted by atomic mass is 16.4. The third kappa shape index (κ3) is 3.29. The zero-order chi connectivity index (χ0) is 12.2. The van der Waals surface area contributed by atoms with Crippen molar-refractivity contribution in [1.82, 2.24) is 10.3 Å². The third-order valence-corrected chi connectivity index (χ3v) is 2.34. The number of hydrogen-bond donors (Lipinski definition) is 3. The normalized spacial score (nSPS) is 14.4. The minimum Gasteiger partial charge on any atom is -0.479 e. The Kier molecular flexibility index (Phi) is 3.98. The highest BCUT2D eigenvalue weighted by Gasteiger charge is 2.29. The highest BCUT2D eigenvalue weighted by molar-refractivity contribution is 5.76. The molecule has 0 bridgehead atoms. The van der Waals surface area contributed by atoms with E-state index in [1.807, 2.05) is 19.1 Å². The summed E-state index contributed by atoms with van der Waals surface area (Å²) in [4.78, 5) is 14.8. The monoisotopic (exact) mass is 224 g/mol. The number of hydrogen-bond acceptors (Lipinski definition) is 4. The molecule has 0 saturated heterocycles. The molecule has 1 heterocycles. The molecule has 0 amide bonds. The second kappa shape index (κ2) is 5.05. The fraction of sp³-hybridized carbons (Fsp3) is 0.455. The zero-order valence-electron chi connectivity index (χ0n) is 9.40. The Hall–Kier alpha value is -1.46. The SMILES string of the molecule is Cc1cccnc1CNCC(C)(O)C(=O)O. The van der Waals surface area contributed by atoms with Crippen molar-refractivity contribution < 1.29 is 15.0 Å². The predicted octanol–water partition coefficient (Wildman–Crippen LogP) is 0.315. The van der Waals surface area contributed by atoms with Crippen molar-refractivity contribution in [3.8, 4) is 0 Å². The van der Waals surface area contributed by atoms with Gasteiger partial charge in [-0.3, -0.25) is 4.98 Å². The summed E-state index contributed by atoms with van der Waals surface area (Å²) in [5.41, 5.74) is 0.136. The number of nitrogens with zero attached hydrogens (tertiary/aromatic N) is 1. The van der Waals surface area contributed by atoms with Gasteiger partial charge in [0.2, 0.25) is 0 Å². The Morgan fingerprint density at radius 1 is 1.62 bits per heavy atom. The van der Waals surface area contributed by atoms with E-state index >= 15 is 0 Å². The summed E-state index contributed by atoms with van der Waals surface area (Å²) in [6, 6.07) is 3.77. The molecular formula is C11H16N2O3. The van der Waals surface area contributed by atoms with Gasteiger partial charge in [0.05, 0.1) is 5.69 Å². The molecule has 5 heteroatoms. The first-order chi connectivity index (χ1) is 7.43. The lowest BCUT2D eigenvalue weighted by atomic mass is 10.1. The van der Waals surface area contributed by atoms with E-state index in [-0.39, 0.29) is 6.54 Å². The number of carboxylic acids is 1. The summed E-state index contributed by atoms with van der Waals surface area (Å²) in [5, 5.41) is 21.0. The summed E-state index contributed by atoms with van der Waals surface area (Å²) in [6.07, 6.45) is 1.68. The molecule has 1 aromatic heterocycles. The molecular weight excluding hydrogens is 208 g/mol. The fourth-order valence-electron chi connectivity index (χ4n) is 1.20. The zero-order valence-corrected chi connectivity index (χ0v) is 9.40. The number of aryl methyl sites for hydroxylation is 1. The van der Waals surface area contributed by atoms with E-state index in [0.29, 0.717) is 6.54 Å². The van der Waals surface area contributed by atoms with Gasteiger partial charge in [-0.05, 0) is 25.5 Å². The smallest absolute Gasteiger partial charge is 0.336 e. The van der Waals surface area contributed by atoms with Gasteiger partial charge in [0.25, 0.3) is 0 Å². The number of pyridine rings is 1. The Bertz CT molecular complexity index is 377. The van der Waals surface area contributed by atoms with Gasteiger partial charge in [-0.1, -0.05) is 6.07 Å². The van der Waals surface area contributed by atoms with Gasteiger partial charge in [0.15, 0.2) is 5.60 Å². The Morgan fingerprint density at radius 2 is 2.31 bits per heavy atom. The first kappa shape index (κ1) is 12.6. The van der Waals surface area contributed by atoms with Crippen LogP contribution in [0.3, 0.4) is 0 Å². The molecule has 0 aromatic carbocycles. The topological polar surface area (TPSA) is 82.5 Å². The summed E-state index contributed by atoms with van der Waals surface area (Å²) >= 11 is 0. The number of carboxylic acid groups (broad SMARTS) is 1. The van der Waals surface area contributed by atoms with E-state index in [1.165, 1.54) is 6.92 Å². The molecule has 3 N–H and O–H groups in total. The second-order valence-corrected chi connectivity index (χ2v) is 3.95. The minimum absolute atomic E-state index is 0.0155. The van der Waals surface area contributed by atoms with E-state index in [0.717, 1.165) is 11.3 Å². The molecule has 0 radical (unpaired) electrons. The van der Waals surface area contributed by atoms with E-state index in [1.54, 1.807) is 6.20 Å². The molecule has 0 spiro atoms. The van der Waals surface area contributed by atoms with Crippen LogP contribution in [-0.4, -0.2) is 33.3 Å². The molecule has 88 valence electrons. The molecule has 0 aliphatic rings. The molecule has 0 saturated carbocycles. The summed E-state index contributed by atoms with van der Waals surface area (Å²) in [5.74, 6) is -1.24. The number of rotatable bonds is 5. The summed E-state index contributed by atoms with van der Waals surface area (Å²) < 4.78 is 0. The average Bonchev–Trinajstić information content (AvgIpc) is 2.20. The largest absolute Gasteiger partial charge is 0.479 e. The van der Waals surface area contributed by atoms with Crippen LogP contribution < -0.4 is 5.32 Å². The van der Waals surface area contributed by atoms with Gasteiger partial charge in [-0.2, -0.15) is 0 Å². The van der Waals surface area contributed by atoms with Crippen LogP contribution in [0.1, 0.15) is 18.2 Å². The van der Waals surface area contributed by atoms with Crippen LogP contribution in [0.2, 0.25) is 0 Å². The summed E-state index contributed by atoms with van der Waals surface area (Å²) in [6.45, 7) is 3.61. The first-order valence-corrected chi connectivity index (χ1v) is 5.00. The summed E-state index contributed by atoms with van der Waals surface area (Å²) in [7, 11) is 0. The molecule has 1 rings (SSSR count). The number of carbonyl (C=O) groups is 1. The standard InChI is InChI=1S/C11H16N2O3/c1-8-4-3-5-13-9(8)6-12-7-11(2,16)10(14)15/h3-5,12,16H,6-7H2,1-2H3,(H,14,15). The number of aliphatic carboxylic acids is 1. The van der Waals surface area contributed by atoms with Crippen LogP contribution in [-0.2, 0) is 11.3 Å². The van der Waals surface area contributed by atoms with E-state index in [2.05, 4.69) is 10.3 Å². The third-order valence-electron chi connectivity index (χ3n) is 2.34. The Morgan fingerprint density at radius 3 is 2.88 bits per heavy atom. The molecule has 0 fully saturated rings. The number of nitrogens with one attached hydrogen (secondary N) is 1. The van der Waals surface area contributed by atoms with Gasteiger partial charge >= 0.3 is 5.97 Å². The van der Waals surface area contributed by atoms with Gasteiger partial charge in [-0.25, -0.2) is 4.79 Å². The van der Waals surface area contributed by atoms with E-state index < -0.39 is 11.6 Å². The van der Waals surface area contributed by atoms with Gasteiger partial charge in [0, 0.05) is 19.3 Å². The molecule has 1 unspecified atom stereocenters. The van der Waals surface area contributed by atoms with Crippen LogP contribution >= 0.6 is 0 Å².